The number of hydrogen-bond acceptors (Lipinski definition) is 6. The quantitative estimate of drug-likeness (QED) is 0.659. The van der Waals surface area contributed by atoms with E-state index in [0.717, 1.165) is 25.8 Å². The van der Waals surface area contributed by atoms with Crippen molar-refractivity contribution in [3.05, 3.63) is 22.2 Å². The summed E-state index contributed by atoms with van der Waals surface area (Å²) in [6.07, 6.45) is 3.05. The van der Waals surface area contributed by atoms with Gasteiger partial charge in [-0.3, -0.25) is 10.1 Å². The number of piperidine rings is 1. The maximum absolute atomic E-state index is 11.4. The monoisotopic (exact) mass is 295 g/mol. The second-order valence-electron chi connectivity index (χ2n) is 5.03. The van der Waals surface area contributed by atoms with E-state index in [9.17, 15) is 10.1 Å². The summed E-state index contributed by atoms with van der Waals surface area (Å²) in [6, 6.07) is 3.21. The third-order valence-electron chi connectivity index (χ3n) is 3.89. The van der Waals surface area contributed by atoms with E-state index in [0.29, 0.717) is 23.7 Å². The van der Waals surface area contributed by atoms with E-state index in [2.05, 4.69) is 0 Å². The third kappa shape index (κ3) is 3.02. The summed E-state index contributed by atoms with van der Waals surface area (Å²) in [5.41, 5.74) is 6.39. The molecular weight excluding hydrogens is 274 g/mol. The van der Waals surface area contributed by atoms with Gasteiger partial charge in [0.1, 0.15) is 5.69 Å². The fraction of sp³-hybridized carbons (Fsp3) is 0.571. The topological polar surface area (TPSA) is 90.9 Å². The maximum atomic E-state index is 11.4. The average Bonchev–Trinajstić information content (AvgIpc) is 2.53. The van der Waals surface area contributed by atoms with Crippen molar-refractivity contribution in [1.82, 2.24) is 0 Å². The minimum absolute atomic E-state index is 0.0213. The molecule has 1 aromatic carbocycles. The number of ether oxygens (including phenoxy) is 2. The van der Waals surface area contributed by atoms with E-state index < -0.39 is 0 Å². The molecule has 0 spiro atoms. The predicted octanol–water partition coefficient (Wildman–Crippen LogP) is 1.93. The Morgan fingerprint density at radius 1 is 1.33 bits per heavy atom. The molecule has 1 fully saturated rings. The van der Waals surface area contributed by atoms with Crippen molar-refractivity contribution in [1.29, 1.82) is 0 Å². The number of nitro groups is 1. The summed E-state index contributed by atoms with van der Waals surface area (Å²) in [6.45, 7) is 1.24. The van der Waals surface area contributed by atoms with E-state index in [1.807, 2.05) is 4.90 Å². The molecule has 7 nitrogen and oxygen atoms in total. The molecule has 0 aliphatic carbocycles. The highest BCUT2D eigenvalue weighted by atomic mass is 16.6. The molecule has 7 heteroatoms. The Hall–Kier alpha value is -2.02. The summed E-state index contributed by atoms with van der Waals surface area (Å²) in [5, 5.41) is 11.4. The van der Waals surface area contributed by atoms with Gasteiger partial charge in [-0.25, -0.2) is 0 Å². The van der Waals surface area contributed by atoms with E-state index >= 15 is 0 Å². The first-order valence-electron chi connectivity index (χ1n) is 6.99. The molecule has 1 atom stereocenters. The lowest BCUT2D eigenvalue weighted by atomic mass is 10.0. The third-order valence-corrected chi connectivity index (χ3v) is 3.89. The lowest BCUT2D eigenvalue weighted by molar-refractivity contribution is -0.384. The van der Waals surface area contributed by atoms with Crippen LogP contribution in [0.2, 0.25) is 0 Å². The van der Waals surface area contributed by atoms with E-state index in [1.54, 1.807) is 6.07 Å². The van der Waals surface area contributed by atoms with Crippen LogP contribution in [-0.4, -0.2) is 38.3 Å². The van der Waals surface area contributed by atoms with Crippen LogP contribution in [-0.2, 0) is 0 Å². The normalized spacial score (nSPS) is 18.4. The molecule has 0 aromatic heterocycles. The molecule has 1 aliphatic heterocycles. The van der Waals surface area contributed by atoms with Gasteiger partial charge < -0.3 is 20.1 Å². The van der Waals surface area contributed by atoms with Crippen molar-refractivity contribution in [2.75, 3.05) is 32.2 Å². The number of nitrogens with two attached hydrogens (primary N) is 1. The van der Waals surface area contributed by atoms with Gasteiger partial charge in [-0.2, -0.15) is 0 Å². The van der Waals surface area contributed by atoms with Crippen molar-refractivity contribution in [3.63, 3.8) is 0 Å². The second-order valence-corrected chi connectivity index (χ2v) is 5.03. The molecule has 1 aliphatic rings. The molecule has 2 rings (SSSR count). The smallest absolute Gasteiger partial charge is 0.296 e. The largest absolute Gasteiger partial charge is 0.493 e. The van der Waals surface area contributed by atoms with Crippen LogP contribution in [0.5, 0.6) is 11.5 Å². The number of hydrogen-bond donors (Lipinski definition) is 1. The van der Waals surface area contributed by atoms with Gasteiger partial charge in [-0.15, -0.1) is 0 Å². The molecular formula is C14H21N3O4. The average molecular weight is 295 g/mol. The van der Waals surface area contributed by atoms with Gasteiger partial charge in [-0.1, -0.05) is 0 Å². The Morgan fingerprint density at radius 3 is 2.57 bits per heavy atom. The van der Waals surface area contributed by atoms with Gasteiger partial charge in [0.05, 0.1) is 25.2 Å². The first-order chi connectivity index (χ1) is 10.1. The van der Waals surface area contributed by atoms with Gasteiger partial charge in [0.25, 0.3) is 5.69 Å². The number of anilines is 1. The molecule has 0 radical (unpaired) electrons. The summed E-state index contributed by atoms with van der Waals surface area (Å²) in [4.78, 5) is 13.0. The molecule has 116 valence electrons. The number of methoxy groups -OCH3 is 2. The lowest BCUT2D eigenvalue weighted by Gasteiger charge is -2.36. The summed E-state index contributed by atoms with van der Waals surface area (Å²) >= 11 is 0. The zero-order valence-corrected chi connectivity index (χ0v) is 12.4. The molecule has 2 N–H and O–H groups in total. The highest BCUT2D eigenvalue weighted by Crippen LogP contribution is 2.41. The molecule has 1 heterocycles. The van der Waals surface area contributed by atoms with Crippen molar-refractivity contribution >= 4 is 11.4 Å². The van der Waals surface area contributed by atoms with Crippen LogP contribution < -0.4 is 20.1 Å². The number of benzene rings is 1. The Bertz CT molecular complexity index is 521. The Labute approximate surface area is 123 Å². The summed E-state index contributed by atoms with van der Waals surface area (Å²) < 4.78 is 10.4. The molecule has 0 saturated carbocycles. The highest BCUT2D eigenvalue weighted by molar-refractivity contribution is 5.70. The molecule has 1 unspecified atom stereocenters. The van der Waals surface area contributed by atoms with Crippen molar-refractivity contribution in [3.8, 4) is 11.5 Å². The van der Waals surface area contributed by atoms with Crippen LogP contribution in [0.1, 0.15) is 19.3 Å². The van der Waals surface area contributed by atoms with Crippen LogP contribution in [0.25, 0.3) is 0 Å². The first kappa shape index (κ1) is 15.4. The lowest BCUT2D eigenvalue weighted by Crippen LogP contribution is -2.44. The van der Waals surface area contributed by atoms with Crippen molar-refractivity contribution in [2.24, 2.45) is 5.73 Å². The van der Waals surface area contributed by atoms with Crippen LogP contribution in [0, 0.1) is 10.1 Å². The summed E-state index contributed by atoms with van der Waals surface area (Å²) in [7, 11) is 2.98. The van der Waals surface area contributed by atoms with Crippen LogP contribution in [0.15, 0.2) is 12.1 Å². The van der Waals surface area contributed by atoms with Crippen LogP contribution in [0.4, 0.5) is 11.4 Å². The fourth-order valence-corrected chi connectivity index (χ4v) is 2.80. The Balaban J connectivity index is 2.51. The zero-order valence-electron chi connectivity index (χ0n) is 12.4. The van der Waals surface area contributed by atoms with E-state index in [4.69, 9.17) is 15.2 Å². The van der Waals surface area contributed by atoms with Gasteiger partial charge in [-0.05, 0) is 19.3 Å². The fourth-order valence-electron chi connectivity index (χ4n) is 2.80. The predicted molar refractivity (Wildman–Crippen MR) is 80.2 cm³/mol. The SMILES string of the molecule is COc1cc(N2CCCCC2CN)c([N+](=O)[O-])cc1OC. The second kappa shape index (κ2) is 6.62. The van der Waals surface area contributed by atoms with Crippen molar-refractivity contribution < 1.29 is 14.4 Å². The van der Waals surface area contributed by atoms with Gasteiger partial charge >= 0.3 is 0 Å². The van der Waals surface area contributed by atoms with Gasteiger partial charge in [0, 0.05) is 25.2 Å². The number of nitrogens with zero attached hydrogens (tertiary/aromatic N) is 2. The maximum Gasteiger partial charge on any atom is 0.296 e. The number of nitro benzene ring substituents is 1. The standard InChI is InChI=1S/C14H21N3O4/c1-20-13-7-11(12(17(18)19)8-14(13)21-2)16-6-4-3-5-10(16)9-15/h7-8,10H,3-6,9,15H2,1-2H3. The molecule has 1 aromatic rings. The zero-order chi connectivity index (χ0) is 15.4. The molecule has 0 bridgehead atoms. The molecule has 0 amide bonds. The van der Waals surface area contributed by atoms with Gasteiger partial charge in [0.15, 0.2) is 11.5 Å². The minimum atomic E-state index is -0.389. The van der Waals surface area contributed by atoms with Crippen LogP contribution in [0.3, 0.4) is 0 Å². The highest BCUT2D eigenvalue weighted by Gasteiger charge is 2.29. The first-order valence-corrected chi connectivity index (χ1v) is 6.99. The summed E-state index contributed by atoms with van der Waals surface area (Å²) in [5.74, 6) is 0.841. The van der Waals surface area contributed by atoms with Crippen molar-refractivity contribution in [2.45, 2.75) is 25.3 Å². The Kier molecular flexibility index (Phi) is 4.85. The number of rotatable bonds is 5. The minimum Gasteiger partial charge on any atom is -0.493 e. The van der Waals surface area contributed by atoms with Gasteiger partial charge in [0.2, 0.25) is 0 Å². The Morgan fingerprint density at radius 2 is 2.00 bits per heavy atom. The van der Waals surface area contributed by atoms with E-state index in [-0.39, 0.29) is 16.7 Å². The molecule has 1 saturated heterocycles. The molecule has 21 heavy (non-hydrogen) atoms. The van der Waals surface area contributed by atoms with Crippen LogP contribution >= 0.6 is 0 Å². The van der Waals surface area contributed by atoms with E-state index in [1.165, 1.54) is 20.3 Å².